The Morgan fingerprint density at radius 3 is 2.89 bits per heavy atom. The second-order valence-corrected chi connectivity index (χ2v) is 4.85. The first kappa shape index (κ1) is 13.6. The SMILES string of the molecule is CCc1c(Cl)ncnc1N(CC)CC1CCCO1. The van der Waals surface area contributed by atoms with Gasteiger partial charge in [-0.3, -0.25) is 0 Å². The Bertz CT molecular complexity index is 394. The Morgan fingerprint density at radius 1 is 1.44 bits per heavy atom. The first-order valence-electron chi connectivity index (χ1n) is 6.62. The van der Waals surface area contributed by atoms with Crippen LogP contribution in [0.25, 0.3) is 0 Å². The van der Waals surface area contributed by atoms with Gasteiger partial charge >= 0.3 is 0 Å². The van der Waals surface area contributed by atoms with E-state index in [1.54, 1.807) is 0 Å². The molecule has 1 saturated heterocycles. The Labute approximate surface area is 113 Å². The highest BCUT2D eigenvalue weighted by Crippen LogP contribution is 2.25. The number of hydrogen-bond acceptors (Lipinski definition) is 4. The van der Waals surface area contributed by atoms with Crippen molar-refractivity contribution in [2.75, 3.05) is 24.6 Å². The lowest BCUT2D eigenvalue weighted by atomic mass is 10.2. The third-order valence-electron chi connectivity index (χ3n) is 3.35. The fourth-order valence-electron chi connectivity index (χ4n) is 2.36. The van der Waals surface area contributed by atoms with Crippen LogP contribution in [0, 0.1) is 0 Å². The van der Waals surface area contributed by atoms with Crippen molar-refractivity contribution >= 4 is 17.4 Å². The van der Waals surface area contributed by atoms with Gasteiger partial charge in [0.1, 0.15) is 17.3 Å². The topological polar surface area (TPSA) is 38.2 Å². The van der Waals surface area contributed by atoms with E-state index in [4.69, 9.17) is 16.3 Å². The lowest BCUT2D eigenvalue weighted by Crippen LogP contribution is -2.33. The molecule has 1 aliphatic rings. The van der Waals surface area contributed by atoms with Crippen LogP contribution < -0.4 is 4.90 Å². The van der Waals surface area contributed by atoms with E-state index in [-0.39, 0.29) is 0 Å². The Kier molecular flexibility index (Phi) is 4.78. The fourth-order valence-corrected chi connectivity index (χ4v) is 2.62. The minimum absolute atomic E-state index is 0.323. The number of likely N-dealkylation sites (N-methyl/N-ethyl adjacent to an activating group) is 1. The van der Waals surface area contributed by atoms with Crippen LogP contribution in [0.5, 0.6) is 0 Å². The summed E-state index contributed by atoms with van der Waals surface area (Å²) in [6.45, 7) is 6.88. The summed E-state index contributed by atoms with van der Waals surface area (Å²) < 4.78 is 5.69. The highest BCUT2D eigenvalue weighted by Gasteiger charge is 2.21. The number of nitrogens with zero attached hydrogens (tertiary/aromatic N) is 3. The molecule has 0 radical (unpaired) electrons. The molecular weight excluding hydrogens is 250 g/mol. The molecule has 0 aromatic carbocycles. The van der Waals surface area contributed by atoms with Gasteiger partial charge in [-0.15, -0.1) is 0 Å². The van der Waals surface area contributed by atoms with Gasteiger partial charge in [-0.25, -0.2) is 9.97 Å². The maximum Gasteiger partial charge on any atom is 0.137 e. The molecule has 1 atom stereocenters. The number of halogens is 1. The highest BCUT2D eigenvalue weighted by molar-refractivity contribution is 6.30. The van der Waals surface area contributed by atoms with Crippen LogP contribution in [0.3, 0.4) is 0 Å². The van der Waals surface area contributed by atoms with Gasteiger partial charge in [0.15, 0.2) is 0 Å². The minimum Gasteiger partial charge on any atom is -0.376 e. The average molecular weight is 270 g/mol. The third-order valence-corrected chi connectivity index (χ3v) is 3.68. The quantitative estimate of drug-likeness (QED) is 0.771. The van der Waals surface area contributed by atoms with Gasteiger partial charge < -0.3 is 9.64 Å². The summed E-state index contributed by atoms with van der Waals surface area (Å²) in [5, 5.41) is 0.563. The van der Waals surface area contributed by atoms with Gasteiger partial charge in [-0.1, -0.05) is 18.5 Å². The number of aromatic nitrogens is 2. The standard InChI is InChI=1S/C13H20ClN3O/c1-3-11-12(14)15-9-16-13(11)17(4-2)8-10-6-5-7-18-10/h9-10H,3-8H2,1-2H3. The molecule has 0 bridgehead atoms. The van der Waals surface area contributed by atoms with Crippen LogP contribution in [0.1, 0.15) is 32.3 Å². The smallest absolute Gasteiger partial charge is 0.137 e. The zero-order valence-corrected chi connectivity index (χ0v) is 11.8. The van der Waals surface area contributed by atoms with Gasteiger partial charge in [-0.05, 0) is 26.2 Å². The number of anilines is 1. The molecule has 1 unspecified atom stereocenters. The van der Waals surface area contributed by atoms with Gasteiger partial charge in [0.25, 0.3) is 0 Å². The predicted octanol–water partition coefficient (Wildman–Crippen LogP) is 2.70. The van der Waals surface area contributed by atoms with Crippen molar-refractivity contribution in [3.63, 3.8) is 0 Å². The number of ether oxygens (including phenoxy) is 1. The van der Waals surface area contributed by atoms with E-state index in [0.29, 0.717) is 11.3 Å². The second kappa shape index (κ2) is 6.34. The van der Waals surface area contributed by atoms with Crippen molar-refractivity contribution in [3.8, 4) is 0 Å². The first-order valence-corrected chi connectivity index (χ1v) is 7.00. The second-order valence-electron chi connectivity index (χ2n) is 4.49. The van der Waals surface area contributed by atoms with Crippen LogP contribution >= 0.6 is 11.6 Å². The normalized spacial score (nSPS) is 19.2. The van der Waals surface area contributed by atoms with Crippen LogP contribution in [0.2, 0.25) is 5.15 Å². The maximum absolute atomic E-state index is 6.14. The number of hydrogen-bond donors (Lipinski definition) is 0. The van der Waals surface area contributed by atoms with Crippen LogP contribution in [-0.4, -0.2) is 35.8 Å². The van der Waals surface area contributed by atoms with Crippen LogP contribution in [0.15, 0.2) is 6.33 Å². The summed E-state index contributed by atoms with van der Waals surface area (Å²) in [4.78, 5) is 10.7. The zero-order chi connectivity index (χ0) is 13.0. The molecule has 2 heterocycles. The van der Waals surface area contributed by atoms with Crippen molar-refractivity contribution < 1.29 is 4.74 Å². The van der Waals surface area contributed by atoms with E-state index in [1.807, 2.05) is 0 Å². The molecule has 18 heavy (non-hydrogen) atoms. The average Bonchev–Trinajstić information content (AvgIpc) is 2.88. The van der Waals surface area contributed by atoms with E-state index in [0.717, 1.165) is 50.3 Å². The van der Waals surface area contributed by atoms with E-state index < -0.39 is 0 Å². The molecule has 1 aromatic heterocycles. The van der Waals surface area contributed by atoms with Crippen molar-refractivity contribution in [2.24, 2.45) is 0 Å². The van der Waals surface area contributed by atoms with Gasteiger partial charge in [0.05, 0.1) is 6.10 Å². The lowest BCUT2D eigenvalue weighted by Gasteiger charge is -2.26. The molecule has 0 amide bonds. The Balaban J connectivity index is 2.18. The fraction of sp³-hybridized carbons (Fsp3) is 0.692. The molecule has 1 aliphatic heterocycles. The molecule has 2 rings (SSSR count). The zero-order valence-electron chi connectivity index (χ0n) is 11.0. The molecule has 0 aliphatic carbocycles. The predicted molar refractivity (Wildman–Crippen MR) is 73.3 cm³/mol. The molecular formula is C13H20ClN3O. The van der Waals surface area contributed by atoms with E-state index in [2.05, 4.69) is 28.7 Å². The number of rotatable bonds is 5. The summed E-state index contributed by atoms with van der Waals surface area (Å²) in [5.74, 6) is 0.954. The highest BCUT2D eigenvalue weighted by atomic mass is 35.5. The van der Waals surface area contributed by atoms with Crippen LogP contribution in [0.4, 0.5) is 5.82 Å². The monoisotopic (exact) mass is 269 g/mol. The molecule has 4 nitrogen and oxygen atoms in total. The largest absolute Gasteiger partial charge is 0.376 e. The van der Waals surface area contributed by atoms with Gasteiger partial charge in [-0.2, -0.15) is 0 Å². The van der Waals surface area contributed by atoms with E-state index in [1.165, 1.54) is 6.33 Å². The molecule has 1 aromatic rings. The van der Waals surface area contributed by atoms with Crippen molar-refractivity contribution in [1.82, 2.24) is 9.97 Å². The molecule has 0 spiro atoms. The third kappa shape index (κ3) is 2.93. The summed E-state index contributed by atoms with van der Waals surface area (Å²) in [6, 6.07) is 0. The molecule has 1 fully saturated rings. The van der Waals surface area contributed by atoms with Crippen molar-refractivity contribution in [2.45, 2.75) is 39.2 Å². The molecule has 100 valence electrons. The van der Waals surface area contributed by atoms with Crippen molar-refractivity contribution in [1.29, 1.82) is 0 Å². The summed E-state index contributed by atoms with van der Waals surface area (Å²) in [7, 11) is 0. The van der Waals surface area contributed by atoms with Crippen LogP contribution in [-0.2, 0) is 11.2 Å². The van der Waals surface area contributed by atoms with Gasteiger partial charge in [0, 0.05) is 25.3 Å². The first-order chi connectivity index (χ1) is 8.76. The van der Waals surface area contributed by atoms with Crippen molar-refractivity contribution in [3.05, 3.63) is 17.0 Å². The molecule has 5 heteroatoms. The van der Waals surface area contributed by atoms with Gasteiger partial charge in [0.2, 0.25) is 0 Å². The lowest BCUT2D eigenvalue weighted by molar-refractivity contribution is 0.115. The Hall–Kier alpha value is -0.870. The molecule has 0 saturated carbocycles. The summed E-state index contributed by atoms with van der Waals surface area (Å²) in [5.41, 5.74) is 1.03. The summed E-state index contributed by atoms with van der Waals surface area (Å²) in [6.07, 6.45) is 5.00. The maximum atomic E-state index is 6.14. The van der Waals surface area contributed by atoms with E-state index in [9.17, 15) is 0 Å². The summed E-state index contributed by atoms with van der Waals surface area (Å²) >= 11 is 6.14. The minimum atomic E-state index is 0.323. The van der Waals surface area contributed by atoms with E-state index >= 15 is 0 Å². The Morgan fingerprint density at radius 2 is 2.28 bits per heavy atom. The molecule has 0 N–H and O–H groups in total.